The highest BCUT2D eigenvalue weighted by Crippen LogP contribution is 2.63. The lowest BCUT2D eigenvalue weighted by Gasteiger charge is -2.59. The van der Waals surface area contributed by atoms with Gasteiger partial charge in [0.15, 0.2) is 0 Å². The molecule has 1 saturated heterocycles. The highest BCUT2D eigenvalue weighted by Gasteiger charge is 2.60. The monoisotopic (exact) mass is 441 g/mol. The first-order valence-corrected chi connectivity index (χ1v) is 12.6. The van der Waals surface area contributed by atoms with E-state index in [-0.39, 0.29) is 16.7 Å². The van der Waals surface area contributed by atoms with Crippen LogP contribution in [0.2, 0.25) is 0 Å². The topological polar surface area (TPSA) is 72.2 Å². The van der Waals surface area contributed by atoms with E-state index < -0.39 is 0 Å². The third-order valence-corrected chi connectivity index (χ3v) is 10.0. The van der Waals surface area contributed by atoms with Crippen molar-refractivity contribution >= 4 is 11.7 Å². The third-order valence-electron chi connectivity index (χ3n) is 10.0. The molecule has 3 aliphatic carbocycles. The molecule has 2 saturated carbocycles. The zero-order valence-corrected chi connectivity index (χ0v) is 19.4. The number of aromatic nitrogens is 4. The standard InChI is InChI=1S/C27H31N5O/c1-26-13-11-22(33)30-21(26)9-8-17-19(26)10-12-27(2)20(17)14-18-23(16-6-4-3-5-7-16)32-25(28-15-29-32)31-24(18)27/h3-7,15,17,19-21H,8-14H2,1-2H3,(H,30,33)/t17-,19+,20+,21-,26-,27+/m1/s1. The fourth-order valence-corrected chi connectivity index (χ4v) is 8.35. The molecular formula is C27H31N5O. The summed E-state index contributed by atoms with van der Waals surface area (Å²) in [6.07, 6.45) is 9.10. The van der Waals surface area contributed by atoms with Gasteiger partial charge in [0.2, 0.25) is 5.91 Å². The van der Waals surface area contributed by atoms with E-state index in [1.165, 1.54) is 35.4 Å². The van der Waals surface area contributed by atoms with Crippen molar-refractivity contribution in [1.82, 2.24) is 24.9 Å². The van der Waals surface area contributed by atoms with Crippen molar-refractivity contribution in [2.45, 2.75) is 70.3 Å². The van der Waals surface area contributed by atoms with Crippen LogP contribution in [0.25, 0.3) is 17.0 Å². The highest BCUT2D eigenvalue weighted by atomic mass is 16.1. The maximum absolute atomic E-state index is 12.1. The minimum absolute atomic E-state index is 0.0782. The summed E-state index contributed by atoms with van der Waals surface area (Å²) in [6, 6.07) is 11.0. The molecule has 1 aromatic carbocycles. The van der Waals surface area contributed by atoms with Gasteiger partial charge in [-0.15, -0.1) is 0 Å². The molecule has 6 atom stereocenters. The van der Waals surface area contributed by atoms with Gasteiger partial charge in [0, 0.05) is 29.0 Å². The number of nitrogens with one attached hydrogen (secondary N) is 1. The van der Waals surface area contributed by atoms with Crippen LogP contribution in [-0.2, 0) is 16.6 Å². The van der Waals surface area contributed by atoms with Gasteiger partial charge >= 0.3 is 0 Å². The molecule has 0 spiro atoms. The van der Waals surface area contributed by atoms with Crippen LogP contribution in [0, 0.1) is 23.2 Å². The van der Waals surface area contributed by atoms with Crippen molar-refractivity contribution in [3.8, 4) is 11.3 Å². The Balaban J connectivity index is 1.35. The van der Waals surface area contributed by atoms with E-state index in [1.807, 2.05) is 4.52 Å². The number of piperidine rings is 1. The number of benzene rings is 1. The molecule has 1 amide bonds. The van der Waals surface area contributed by atoms with Crippen LogP contribution in [0.5, 0.6) is 0 Å². The number of nitrogens with zero attached hydrogens (tertiary/aromatic N) is 4. The second kappa shape index (κ2) is 6.64. The first kappa shape index (κ1) is 19.7. The largest absolute Gasteiger partial charge is 0.353 e. The van der Waals surface area contributed by atoms with Crippen LogP contribution >= 0.6 is 0 Å². The minimum Gasteiger partial charge on any atom is -0.353 e. The molecule has 170 valence electrons. The lowest BCUT2D eigenvalue weighted by molar-refractivity contribution is -0.134. The number of carbonyl (C=O) groups excluding carboxylic acids is 1. The number of hydrogen-bond acceptors (Lipinski definition) is 4. The Morgan fingerprint density at radius 3 is 2.76 bits per heavy atom. The molecule has 3 heterocycles. The van der Waals surface area contributed by atoms with E-state index in [2.05, 4.69) is 59.6 Å². The zero-order valence-electron chi connectivity index (χ0n) is 19.4. The number of fused-ring (bicyclic) bond motifs is 8. The van der Waals surface area contributed by atoms with Gasteiger partial charge in [-0.3, -0.25) is 4.79 Å². The summed E-state index contributed by atoms with van der Waals surface area (Å²) >= 11 is 0. The molecule has 2 aromatic heterocycles. The van der Waals surface area contributed by atoms with Crippen LogP contribution in [0.4, 0.5) is 0 Å². The first-order valence-electron chi connectivity index (χ1n) is 12.6. The van der Waals surface area contributed by atoms with Crippen molar-refractivity contribution < 1.29 is 4.79 Å². The molecule has 3 aromatic rings. The summed E-state index contributed by atoms with van der Waals surface area (Å²) in [6.45, 7) is 4.93. The number of carbonyl (C=O) groups is 1. The van der Waals surface area contributed by atoms with Crippen molar-refractivity contribution in [1.29, 1.82) is 0 Å². The predicted molar refractivity (Wildman–Crippen MR) is 125 cm³/mol. The summed E-state index contributed by atoms with van der Waals surface area (Å²) in [7, 11) is 0. The van der Waals surface area contributed by atoms with E-state index in [1.54, 1.807) is 6.33 Å². The van der Waals surface area contributed by atoms with Crippen LogP contribution < -0.4 is 5.32 Å². The average Bonchev–Trinajstić information content (AvgIpc) is 3.41. The molecule has 1 aliphatic heterocycles. The lowest BCUT2D eigenvalue weighted by atomic mass is 9.47. The van der Waals surface area contributed by atoms with Crippen LogP contribution in [0.15, 0.2) is 36.7 Å². The number of rotatable bonds is 1. The predicted octanol–water partition coefficient (Wildman–Crippen LogP) is 4.33. The fraction of sp³-hybridized carbons (Fsp3) is 0.556. The molecule has 6 nitrogen and oxygen atoms in total. The van der Waals surface area contributed by atoms with E-state index >= 15 is 0 Å². The molecule has 6 heteroatoms. The fourth-order valence-electron chi connectivity index (χ4n) is 8.35. The van der Waals surface area contributed by atoms with E-state index in [0.29, 0.717) is 36.0 Å². The van der Waals surface area contributed by atoms with Crippen molar-refractivity contribution in [3.63, 3.8) is 0 Å². The van der Waals surface area contributed by atoms with Gasteiger partial charge in [0.25, 0.3) is 5.78 Å². The number of hydrogen-bond donors (Lipinski definition) is 1. The normalized spacial score (nSPS) is 37.1. The summed E-state index contributed by atoms with van der Waals surface area (Å²) in [5, 5.41) is 7.93. The second-order valence-electron chi connectivity index (χ2n) is 11.4. The maximum atomic E-state index is 12.1. The summed E-state index contributed by atoms with van der Waals surface area (Å²) in [5.74, 6) is 2.90. The smallest absolute Gasteiger partial charge is 0.252 e. The maximum Gasteiger partial charge on any atom is 0.252 e. The second-order valence-corrected chi connectivity index (χ2v) is 11.4. The van der Waals surface area contributed by atoms with Gasteiger partial charge < -0.3 is 5.32 Å². The Morgan fingerprint density at radius 1 is 1.06 bits per heavy atom. The molecule has 33 heavy (non-hydrogen) atoms. The zero-order chi connectivity index (χ0) is 22.4. The molecule has 7 rings (SSSR count). The summed E-state index contributed by atoms with van der Waals surface area (Å²) < 4.78 is 1.95. The van der Waals surface area contributed by atoms with Crippen molar-refractivity contribution in [2.24, 2.45) is 23.2 Å². The Kier molecular flexibility index (Phi) is 3.96. The van der Waals surface area contributed by atoms with Crippen LogP contribution in [0.1, 0.15) is 63.6 Å². The van der Waals surface area contributed by atoms with Gasteiger partial charge in [0.1, 0.15) is 6.33 Å². The summed E-state index contributed by atoms with van der Waals surface area (Å²) in [5.41, 5.74) is 5.29. The Bertz CT molecular complexity index is 1270. The van der Waals surface area contributed by atoms with Crippen molar-refractivity contribution in [2.75, 3.05) is 0 Å². The van der Waals surface area contributed by atoms with Crippen LogP contribution in [-0.4, -0.2) is 31.5 Å². The van der Waals surface area contributed by atoms with Gasteiger partial charge in [0.05, 0.1) is 11.4 Å². The van der Waals surface area contributed by atoms with E-state index in [4.69, 9.17) is 4.98 Å². The SMILES string of the molecule is C[C@]12CCC(=O)N[C@@H]1CC[C@@H]1[C@@H]2CC[C@]2(C)c3nc4ncnn4c(-c4ccccc4)c3C[C@@H]12. The molecule has 1 N–H and O–H groups in total. The first-order chi connectivity index (χ1) is 16.0. The van der Waals surface area contributed by atoms with Gasteiger partial charge in [-0.05, 0) is 61.7 Å². The molecule has 0 bridgehead atoms. The molecule has 4 aliphatic rings. The van der Waals surface area contributed by atoms with Crippen molar-refractivity contribution in [3.05, 3.63) is 47.9 Å². The van der Waals surface area contributed by atoms with Gasteiger partial charge in [-0.25, -0.2) is 4.98 Å². The molecule has 0 radical (unpaired) electrons. The van der Waals surface area contributed by atoms with E-state index in [0.717, 1.165) is 25.7 Å². The number of amides is 1. The highest BCUT2D eigenvalue weighted by molar-refractivity contribution is 5.77. The van der Waals surface area contributed by atoms with E-state index in [9.17, 15) is 4.79 Å². The van der Waals surface area contributed by atoms with Crippen LogP contribution in [0.3, 0.4) is 0 Å². The molecule has 0 unspecified atom stereocenters. The Labute approximate surface area is 194 Å². The molecule has 3 fully saturated rings. The van der Waals surface area contributed by atoms with Gasteiger partial charge in [-0.1, -0.05) is 44.2 Å². The molecular weight excluding hydrogens is 410 g/mol. The van der Waals surface area contributed by atoms with Gasteiger partial charge in [-0.2, -0.15) is 14.6 Å². The summed E-state index contributed by atoms with van der Waals surface area (Å²) in [4.78, 5) is 21.8. The Hall–Kier alpha value is -2.76. The quantitative estimate of drug-likeness (QED) is 0.610. The minimum atomic E-state index is 0.0782. The Morgan fingerprint density at radius 2 is 1.91 bits per heavy atom. The third kappa shape index (κ3) is 2.55. The average molecular weight is 442 g/mol. The lowest BCUT2D eigenvalue weighted by Crippen LogP contribution is -2.61.